The number of nitrogens with zero attached hydrogens (tertiary/aromatic N) is 1. The number of ether oxygens (including phenoxy) is 3. The van der Waals surface area contributed by atoms with Gasteiger partial charge in [0.15, 0.2) is 0 Å². The van der Waals surface area contributed by atoms with Crippen molar-refractivity contribution in [1.29, 1.82) is 0 Å². The van der Waals surface area contributed by atoms with Gasteiger partial charge in [-0.3, -0.25) is 9.59 Å². The summed E-state index contributed by atoms with van der Waals surface area (Å²) in [4.78, 5) is 26.5. The highest BCUT2D eigenvalue weighted by atomic mass is 79.9. The molecular weight excluding hydrogens is 462 g/mol. The van der Waals surface area contributed by atoms with Crippen LogP contribution in [0, 0.1) is 0 Å². The summed E-state index contributed by atoms with van der Waals surface area (Å²) in [6.45, 7) is 1.18. The van der Waals surface area contributed by atoms with Crippen molar-refractivity contribution in [3.05, 3.63) is 58.1 Å². The van der Waals surface area contributed by atoms with Crippen LogP contribution < -0.4 is 9.47 Å². The van der Waals surface area contributed by atoms with E-state index in [1.807, 2.05) is 23.1 Å². The fourth-order valence-corrected chi connectivity index (χ4v) is 3.84. The van der Waals surface area contributed by atoms with Crippen LogP contribution in [0.15, 0.2) is 46.9 Å². The van der Waals surface area contributed by atoms with E-state index < -0.39 is 0 Å². The van der Waals surface area contributed by atoms with Gasteiger partial charge in [-0.1, -0.05) is 30.3 Å². The molecule has 2 aromatic carbocycles. The lowest BCUT2D eigenvalue weighted by molar-refractivity contribution is -0.140. The molecule has 0 unspecified atom stereocenters. The van der Waals surface area contributed by atoms with E-state index >= 15 is 0 Å². The molecule has 0 saturated carbocycles. The molecule has 0 fully saturated rings. The Bertz CT molecular complexity index is 831. The predicted molar refractivity (Wildman–Crippen MR) is 124 cm³/mol. The third-order valence-corrected chi connectivity index (χ3v) is 5.78. The Labute approximate surface area is 192 Å². The maximum atomic E-state index is 13.3. The van der Waals surface area contributed by atoms with Gasteiger partial charge in [-0.2, -0.15) is 0 Å². The number of esters is 1. The van der Waals surface area contributed by atoms with Gasteiger partial charge in [0.2, 0.25) is 0 Å². The fraction of sp³-hybridized carbons (Fsp3) is 0.417. The first-order valence-corrected chi connectivity index (χ1v) is 11.1. The molecule has 2 rings (SSSR count). The normalized spacial score (nSPS) is 10.5. The molecular formula is C24H30BrNO5. The van der Waals surface area contributed by atoms with E-state index in [4.69, 9.17) is 14.2 Å². The number of halogens is 1. The quantitative estimate of drug-likeness (QED) is 0.312. The number of aryl methyl sites for hydroxylation is 1. The van der Waals surface area contributed by atoms with Gasteiger partial charge < -0.3 is 19.1 Å². The lowest BCUT2D eigenvalue weighted by Crippen LogP contribution is -2.33. The Morgan fingerprint density at radius 3 is 2.10 bits per heavy atom. The second-order valence-electron chi connectivity index (χ2n) is 7.11. The number of rotatable bonds is 12. The van der Waals surface area contributed by atoms with Gasteiger partial charge in [0.25, 0.3) is 5.91 Å². The summed E-state index contributed by atoms with van der Waals surface area (Å²) in [5.41, 5.74) is 1.75. The van der Waals surface area contributed by atoms with Gasteiger partial charge in [-0.25, -0.2) is 0 Å². The van der Waals surface area contributed by atoms with Crippen molar-refractivity contribution in [3.63, 3.8) is 0 Å². The smallest absolute Gasteiger partial charge is 0.305 e. The van der Waals surface area contributed by atoms with Crippen LogP contribution in [0.2, 0.25) is 0 Å². The zero-order valence-corrected chi connectivity index (χ0v) is 19.9. The molecule has 2 aromatic rings. The van der Waals surface area contributed by atoms with Crippen LogP contribution in [0.25, 0.3) is 0 Å². The number of unbranched alkanes of at least 4 members (excludes halogenated alkanes) is 1. The first-order valence-electron chi connectivity index (χ1n) is 10.3. The van der Waals surface area contributed by atoms with Crippen LogP contribution in [-0.2, 0) is 16.0 Å². The Hall–Kier alpha value is -2.54. The summed E-state index contributed by atoms with van der Waals surface area (Å²) >= 11 is 3.44. The van der Waals surface area contributed by atoms with Gasteiger partial charge in [-0.05, 0) is 59.3 Å². The second kappa shape index (κ2) is 13.0. The highest BCUT2D eigenvalue weighted by Gasteiger charge is 2.20. The third kappa shape index (κ3) is 7.58. The number of carbonyl (C=O) groups excluding carboxylic acids is 2. The number of carbonyl (C=O) groups is 2. The fourth-order valence-electron chi connectivity index (χ4n) is 3.28. The van der Waals surface area contributed by atoms with E-state index in [9.17, 15) is 9.59 Å². The van der Waals surface area contributed by atoms with Crippen molar-refractivity contribution >= 4 is 27.8 Å². The van der Waals surface area contributed by atoms with E-state index in [1.54, 1.807) is 26.4 Å². The van der Waals surface area contributed by atoms with E-state index in [-0.39, 0.29) is 11.9 Å². The topological polar surface area (TPSA) is 65.1 Å². The lowest BCUT2D eigenvalue weighted by Gasteiger charge is -2.24. The number of hydrogen-bond acceptors (Lipinski definition) is 5. The van der Waals surface area contributed by atoms with Crippen molar-refractivity contribution in [2.24, 2.45) is 0 Å². The molecule has 6 nitrogen and oxygen atoms in total. The minimum absolute atomic E-state index is 0.0878. The van der Waals surface area contributed by atoms with E-state index in [2.05, 4.69) is 28.1 Å². The maximum Gasteiger partial charge on any atom is 0.305 e. The maximum absolute atomic E-state index is 13.3. The molecule has 0 heterocycles. The summed E-state index contributed by atoms with van der Waals surface area (Å²) < 4.78 is 16.1. The average molecular weight is 492 g/mol. The second-order valence-corrected chi connectivity index (χ2v) is 7.90. The summed E-state index contributed by atoms with van der Waals surface area (Å²) in [6.07, 6.45) is 3.47. The Morgan fingerprint density at radius 2 is 1.52 bits per heavy atom. The minimum atomic E-state index is -0.232. The molecule has 0 saturated heterocycles. The average Bonchev–Trinajstić information content (AvgIpc) is 2.80. The van der Waals surface area contributed by atoms with Gasteiger partial charge in [0.05, 0.1) is 21.3 Å². The number of amides is 1. The van der Waals surface area contributed by atoms with Crippen LogP contribution in [-0.4, -0.2) is 51.2 Å². The Morgan fingerprint density at radius 1 is 0.903 bits per heavy atom. The van der Waals surface area contributed by atoms with Gasteiger partial charge in [0, 0.05) is 25.1 Å². The summed E-state index contributed by atoms with van der Waals surface area (Å²) in [5.74, 6) is 0.759. The van der Waals surface area contributed by atoms with Crippen molar-refractivity contribution in [2.45, 2.75) is 32.1 Å². The SMILES string of the molecule is COC(=O)CCCCN(CCCc1ccccc1)C(=O)c1cc(OC)c(Br)c(OC)c1. The van der Waals surface area contributed by atoms with Crippen molar-refractivity contribution in [1.82, 2.24) is 4.90 Å². The number of methoxy groups -OCH3 is 3. The summed E-state index contributed by atoms with van der Waals surface area (Å²) in [5, 5.41) is 0. The molecule has 0 bridgehead atoms. The third-order valence-electron chi connectivity index (χ3n) is 5.00. The lowest BCUT2D eigenvalue weighted by atomic mass is 10.1. The summed E-state index contributed by atoms with van der Waals surface area (Å²) in [6, 6.07) is 13.6. The van der Waals surface area contributed by atoms with Crippen LogP contribution in [0.1, 0.15) is 41.6 Å². The Kier molecular flexibility index (Phi) is 10.4. The molecule has 7 heteroatoms. The van der Waals surface area contributed by atoms with E-state index in [0.29, 0.717) is 47.5 Å². The van der Waals surface area contributed by atoms with Crippen LogP contribution in [0.4, 0.5) is 0 Å². The van der Waals surface area contributed by atoms with Crippen LogP contribution in [0.3, 0.4) is 0 Å². The molecule has 0 atom stereocenters. The molecule has 1 amide bonds. The minimum Gasteiger partial charge on any atom is -0.495 e. The standard InChI is InChI=1S/C24H30BrNO5/c1-29-20-16-19(17-21(30-2)23(20)25)24(28)26(14-8-7-13-22(27)31-3)15-9-12-18-10-5-4-6-11-18/h4-6,10-11,16-17H,7-9,12-15H2,1-3H3. The zero-order valence-electron chi connectivity index (χ0n) is 18.4. The molecule has 0 aromatic heterocycles. The van der Waals surface area contributed by atoms with E-state index in [0.717, 1.165) is 19.3 Å². The van der Waals surface area contributed by atoms with Crippen molar-refractivity contribution < 1.29 is 23.8 Å². The first-order chi connectivity index (χ1) is 15.0. The van der Waals surface area contributed by atoms with Gasteiger partial charge >= 0.3 is 5.97 Å². The highest BCUT2D eigenvalue weighted by molar-refractivity contribution is 9.10. The van der Waals surface area contributed by atoms with Crippen molar-refractivity contribution in [2.75, 3.05) is 34.4 Å². The molecule has 0 radical (unpaired) electrons. The molecule has 168 valence electrons. The monoisotopic (exact) mass is 491 g/mol. The summed E-state index contributed by atoms with van der Waals surface area (Å²) in [7, 11) is 4.49. The van der Waals surface area contributed by atoms with E-state index in [1.165, 1.54) is 12.7 Å². The highest BCUT2D eigenvalue weighted by Crippen LogP contribution is 2.36. The molecule has 0 aliphatic carbocycles. The van der Waals surface area contributed by atoms with Gasteiger partial charge in [-0.15, -0.1) is 0 Å². The van der Waals surface area contributed by atoms with Gasteiger partial charge in [0.1, 0.15) is 16.0 Å². The largest absolute Gasteiger partial charge is 0.495 e. The Balaban J connectivity index is 2.11. The number of hydrogen-bond donors (Lipinski definition) is 0. The molecule has 0 aliphatic rings. The zero-order chi connectivity index (χ0) is 22.6. The van der Waals surface area contributed by atoms with Crippen LogP contribution in [0.5, 0.6) is 11.5 Å². The number of benzene rings is 2. The molecule has 0 aliphatic heterocycles. The predicted octanol–water partition coefficient (Wildman–Crippen LogP) is 4.88. The first kappa shape index (κ1) is 24.7. The van der Waals surface area contributed by atoms with Crippen molar-refractivity contribution in [3.8, 4) is 11.5 Å². The molecule has 0 N–H and O–H groups in total. The van der Waals surface area contributed by atoms with Crippen LogP contribution >= 0.6 is 15.9 Å². The molecule has 31 heavy (non-hydrogen) atoms. The molecule has 0 spiro atoms.